The Labute approximate surface area is 107 Å². The lowest BCUT2D eigenvalue weighted by molar-refractivity contribution is 0.0923. The summed E-state index contributed by atoms with van der Waals surface area (Å²) in [6.07, 6.45) is 0.0401. The van der Waals surface area contributed by atoms with Gasteiger partial charge in [0.15, 0.2) is 0 Å². The minimum atomic E-state index is -0.456. The highest BCUT2D eigenvalue weighted by molar-refractivity contribution is 5.99. The number of amides is 1. The molecule has 5 heteroatoms. The first-order chi connectivity index (χ1) is 8.43. The van der Waals surface area contributed by atoms with Crippen molar-refractivity contribution in [3.63, 3.8) is 0 Å². The predicted octanol–water partition coefficient (Wildman–Crippen LogP) is 1.17. The molecule has 0 radical (unpaired) electrons. The molecule has 1 aromatic rings. The summed E-state index contributed by atoms with van der Waals surface area (Å²) in [5, 5.41) is 12.0. The monoisotopic (exact) mass is 252 g/mol. The van der Waals surface area contributed by atoms with Crippen LogP contribution < -0.4 is 15.8 Å². The molecule has 0 saturated carbocycles. The van der Waals surface area contributed by atoms with Crippen molar-refractivity contribution < 1.29 is 14.6 Å². The second-order valence-corrected chi connectivity index (χ2v) is 4.41. The Bertz CT molecular complexity index is 419. The van der Waals surface area contributed by atoms with Crippen LogP contribution in [0.5, 0.6) is 5.75 Å². The topological polar surface area (TPSA) is 84.6 Å². The minimum Gasteiger partial charge on any atom is -0.497 e. The fourth-order valence-electron chi connectivity index (χ4n) is 1.73. The van der Waals surface area contributed by atoms with Crippen LogP contribution in [-0.2, 0) is 0 Å². The van der Waals surface area contributed by atoms with Crippen molar-refractivity contribution in [2.75, 3.05) is 12.8 Å². The van der Waals surface area contributed by atoms with Crippen LogP contribution in [0.3, 0.4) is 0 Å². The third-order valence-corrected chi connectivity index (χ3v) is 2.58. The molecule has 0 bridgehead atoms. The molecule has 2 unspecified atom stereocenters. The van der Waals surface area contributed by atoms with Gasteiger partial charge in [0, 0.05) is 11.7 Å². The molecule has 1 aromatic carbocycles. The third kappa shape index (κ3) is 3.92. The number of rotatable bonds is 5. The number of ether oxygens (including phenoxy) is 1. The second kappa shape index (κ2) is 6.26. The van der Waals surface area contributed by atoms with E-state index >= 15 is 0 Å². The van der Waals surface area contributed by atoms with E-state index in [-0.39, 0.29) is 11.9 Å². The van der Waals surface area contributed by atoms with Gasteiger partial charge in [0.05, 0.1) is 18.8 Å². The van der Waals surface area contributed by atoms with E-state index in [4.69, 9.17) is 10.5 Å². The molecule has 0 fully saturated rings. The van der Waals surface area contributed by atoms with Crippen molar-refractivity contribution in [1.29, 1.82) is 0 Å². The number of benzene rings is 1. The van der Waals surface area contributed by atoms with Crippen molar-refractivity contribution in [3.8, 4) is 5.75 Å². The molecule has 0 spiro atoms. The minimum absolute atomic E-state index is 0.122. The zero-order valence-corrected chi connectivity index (χ0v) is 10.9. The summed E-state index contributed by atoms with van der Waals surface area (Å²) in [5.74, 6) is 0.317. The summed E-state index contributed by atoms with van der Waals surface area (Å²) in [5.41, 5.74) is 6.54. The summed E-state index contributed by atoms with van der Waals surface area (Å²) < 4.78 is 5.05. The van der Waals surface area contributed by atoms with Crippen LogP contribution in [-0.4, -0.2) is 30.3 Å². The second-order valence-electron chi connectivity index (χ2n) is 4.41. The maximum absolute atomic E-state index is 12.0. The number of aliphatic hydroxyl groups excluding tert-OH is 1. The molecule has 0 heterocycles. The molecule has 1 amide bonds. The van der Waals surface area contributed by atoms with E-state index in [9.17, 15) is 9.90 Å². The summed E-state index contributed by atoms with van der Waals surface area (Å²) in [6.45, 7) is 3.52. The smallest absolute Gasteiger partial charge is 0.253 e. The molecule has 18 heavy (non-hydrogen) atoms. The fraction of sp³-hybridized carbons (Fsp3) is 0.462. The number of anilines is 1. The number of aliphatic hydroxyl groups is 1. The Hall–Kier alpha value is -1.75. The highest BCUT2D eigenvalue weighted by atomic mass is 16.5. The number of carbonyl (C=O) groups excluding carboxylic acids is 1. The number of hydrogen-bond donors (Lipinski definition) is 3. The van der Waals surface area contributed by atoms with Crippen molar-refractivity contribution >= 4 is 11.6 Å². The Morgan fingerprint density at radius 1 is 1.50 bits per heavy atom. The molecule has 0 aliphatic carbocycles. The Morgan fingerprint density at radius 2 is 2.17 bits per heavy atom. The Morgan fingerprint density at radius 3 is 2.72 bits per heavy atom. The Balaban J connectivity index is 2.77. The van der Waals surface area contributed by atoms with Crippen LogP contribution in [0.1, 0.15) is 30.6 Å². The van der Waals surface area contributed by atoms with E-state index in [0.717, 1.165) is 0 Å². The van der Waals surface area contributed by atoms with Crippen molar-refractivity contribution in [1.82, 2.24) is 5.32 Å². The summed E-state index contributed by atoms with van der Waals surface area (Å²) >= 11 is 0. The molecule has 0 saturated heterocycles. The summed E-state index contributed by atoms with van der Waals surface area (Å²) in [4.78, 5) is 12.0. The van der Waals surface area contributed by atoms with Gasteiger partial charge < -0.3 is 20.9 Å². The van der Waals surface area contributed by atoms with Crippen LogP contribution in [0.2, 0.25) is 0 Å². The van der Waals surface area contributed by atoms with Crippen molar-refractivity contribution in [3.05, 3.63) is 23.8 Å². The van der Waals surface area contributed by atoms with Gasteiger partial charge in [-0.15, -0.1) is 0 Å². The SMILES string of the molecule is COc1ccc(N)c(C(=O)NC(C)CC(C)O)c1. The van der Waals surface area contributed by atoms with E-state index in [1.807, 2.05) is 6.92 Å². The zero-order valence-electron chi connectivity index (χ0n) is 10.9. The number of nitrogens with two attached hydrogens (primary N) is 1. The Kier molecular flexibility index (Phi) is 4.97. The van der Waals surface area contributed by atoms with E-state index in [2.05, 4.69) is 5.32 Å². The van der Waals surface area contributed by atoms with Crippen LogP contribution in [0.4, 0.5) is 5.69 Å². The molecule has 0 aliphatic heterocycles. The molecular formula is C13H20N2O3. The van der Waals surface area contributed by atoms with Crippen molar-refractivity contribution in [2.45, 2.75) is 32.4 Å². The molecule has 5 nitrogen and oxygen atoms in total. The van der Waals surface area contributed by atoms with Crippen LogP contribution in [0, 0.1) is 0 Å². The molecule has 0 aromatic heterocycles. The lowest BCUT2D eigenvalue weighted by Gasteiger charge is -2.16. The van der Waals surface area contributed by atoms with Crippen LogP contribution in [0.25, 0.3) is 0 Å². The predicted molar refractivity (Wildman–Crippen MR) is 70.6 cm³/mol. The van der Waals surface area contributed by atoms with E-state index in [0.29, 0.717) is 23.4 Å². The van der Waals surface area contributed by atoms with Crippen molar-refractivity contribution in [2.24, 2.45) is 0 Å². The zero-order chi connectivity index (χ0) is 13.7. The summed E-state index contributed by atoms with van der Waals surface area (Å²) in [7, 11) is 1.53. The number of nitrogens with one attached hydrogen (secondary N) is 1. The number of nitrogen functional groups attached to an aromatic ring is 1. The number of hydrogen-bond acceptors (Lipinski definition) is 4. The molecule has 0 aliphatic rings. The molecule has 100 valence electrons. The number of methoxy groups -OCH3 is 1. The van der Waals surface area contributed by atoms with Gasteiger partial charge in [0.1, 0.15) is 5.75 Å². The van der Waals surface area contributed by atoms with Gasteiger partial charge in [-0.25, -0.2) is 0 Å². The van der Waals surface area contributed by atoms with Gasteiger partial charge in [0.2, 0.25) is 0 Å². The highest BCUT2D eigenvalue weighted by Gasteiger charge is 2.14. The van der Waals surface area contributed by atoms with Crippen LogP contribution in [0.15, 0.2) is 18.2 Å². The van der Waals surface area contributed by atoms with Gasteiger partial charge >= 0.3 is 0 Å². The molecule has 1 rings (SSSR count). The van der Waals surface area contributed by atoms with E-state index < -0.39 is 6.10 Å². The first kappa shape index (κ1) is 14.3. The highest BCUT2D eigenvalue weighted by Crippen LogP contribution is 2.19. The van der Waals surface area contributed by atoms with Gasteiger partial charge in [-0.05, 0) is 38.5 Å². The van der Waals surface area contributed by atoms with Crippen LogP contribution >= 0.6 is 0 Å². The average Bonchev–Trinajstić information content (AvgIpc) is 2.28. The fourth-order valence-corrected chi connectivity index (χ4v) is 1.73. The van der Waals surface area contributed by atoms with E-state index in [1.54, 1.807) is 25.1 Å². The maximum Gasteiger partial charge on any atom is 0.253 e. The molecule has 4 N–H and O–H groups in total. The lowest BCUT2D eigenvalue weighted by atomic mass is 10.1. The quantitative estimate of drug-likeness (QED) is 0.687. The largest absolute Gasteiger partial charge is 0.497 e. The first-order valence-electron chi connectivity index (χ1n) is 5.86. The average molecular weight is 252 g/mol. The standard InChI is InChI=1S/C13H20N2O3/c1-8(6-9(2)16)15-13(17)11-7-10(18-3)4-5-12(11)14/h4-5,7-9,16H,6,14H2,1-3H3,(H,15,17). The van der Waals surface area contributed by atoms with E-state index in [1.165, 1.54) is 7.11 Å². The summed E-state index contributed by atoms with van der Waals surface area (Å²) in [6, 6.07) is 4.81. The third-order valence-electron chi connectivity index (χ3n) is 2.58. The van der Waals surface area contributed by atoms with Gasteiger partial charge in [-0.3, -0.25) is 4.79 Å². The maximum atomic E-state index is 12.0. The van der Waals surface area contributed by atoms with Gasteiger partial charge in [-0.2, -0.15) is 0 Å². The number of carbonyl (C=O) groups is 1. The lowest BCUT2D eigenvalue weighted by Crippen LogP contribution is -2.35. The normalized spacial score (nSPS) is 13.8. The molecule has 2 atom stereocenters. The molecular weight excluding hydrogens is 232 g/mol. The van der Waals surface area contributed by atoms with Gasteiger partial charge in [-0.1, -0.05) is 0 Å². The first-order valence-corrected chi connectivity index (χ1v) is 5.86. The van der Waals surface area contributed by atoms with Gasteiger partial charge in [0.25, 0.3) is 5.91 Å².